The summed E-state index contributed by atoms with van der Waals surface area (Å²) in [6.07, 6.45) is 5.92. The highest BCUT2D eigenvalue weighted by Crippen LogP contribution is 2.32. The Hall–Kier alpha value is -3.71. The van der Waals surface area contributed by atoms with Crippen molar-refractivity contribution in [1.82, 2.24) is 9.88 Å². The lowest BCUT2D eigenvalue weighted by atomic mass is 9.85. The molecule has 2 aliphatic rings. The number of aromatic nitrogens is 1. The quantitative estimate of drug-likeness (QED) is 0.253. The Balaban J connectivity index is 1.33. The number of halogens is 1. The van der Waals surface area contributed by atoms with E-state index in [1.165, 1.54) is 13.2 Å². The molecule has 0 bridgehead atoms. The summed E-state index contributed by atoms with van der Waals surface area (Å²) in [5.74, 6) is 0.475. The number of ketones is 2. The van der Waals surface area contributed by atoms with Gasteiger partial charge in [0.05, 0.1) is 25.4 Å². The molecule has 0 spiro atoms. The van der Waals surface area contributed by atoms with E-state index in [1.807, 2.05) is 37.3 Å². The smallest absolute Gasteiger partial charge is 0.163 e. The van der Waals surface area contributed by atoms with Gasteiger partial charge >= 0.3 is 0 Å². The molecule has 0 radical (unpaired) electrons. The van der Waals surface area contributed by atoms with Gasteiger partial charge in [0.2, 0.25) is 0 Å². The number of aliphatic imine (C=N–C) groups is 1. The third kappa shape index (κ3) is 6.46. The van der Waals surface area contributed by atoms with Crippen molar-refractivity contribution in [3.63, 3.8) is 0 Å². The molecule has 1 aromatic heterocycles. The SMILES string of the molecule is CCCCC(=O)[C@@H]1CC[C@@H](CC(=O)c2ccc3c(c2)C(c2ccnc(C)c2)=NC3)CN1Cc1c(F)cccc1OC. The zero-order valence-electron chi connectivity index (χ0n) is 24.2. The predicted octanol–water partition coefficient (Wildman–Crippen LogP) is 6.50. The maximum absolute atomic E-state index is 14.9. The van der Waals surface area contributed by atoms with E-state index in [9.17, 15) is 14.0 Å². The molecule has 3 heterocycles. The fraction of sp³-hybridized carbons (Fsp3) is 0.412. The number of unbranched alkanes of at least 4 members (excludes halogenated alkanes) is 1. The molecule has 2 aromatic carbocycles. The zero-order valence-corrected chi connectivity index (χ0v) is 24.2. The lowest BCUT2D eigenvalue weighted by molar-refractivity contribution is -0.126. The van der Waals surface area contributed by atoms with Gasteiger partial charge in [-0.15, -0.1) is 0 Å². The first-order chi connectivity index (χ1) is 19.9. The van der Waals surface area contributed by atoms with Crippen molar-refractivity contribution in [2.75, 3.05) is 13.7 Å². The Morgan fingerprint density at radius 1 is 1.12 bits per heavy atom. The topological polar surface area (TPSA) is 71.9 Å². The monoisotopic (exact) mass is 555 g/mol. The van der Waals surface area contributed by atoms with Crippen molar-refractivity contribution in [3.8, 4) is 5.75 Å². The van der Waals surface area contributed by atoms with Crippen LogP contribution in [0.25, 0.3) is 0 Å². The number of benzene rings is 2. The Labute approximate surface area is 241 Å². The number of ether oxygens (including phenoxy) is 1. The molecule has 2 aliphatic heterocycles. The molecule has 0 amide bonds. The number of hydrogen-bond acceptors (Lipinski definition) is 6. The van der Waals surface area contributed by atoms with Crippen LogP contribution in [0.5, 0.6) is 5.75 Å². The number of pyridine rings is 1. The molecule has 214 valence electrons. The number of nitrogens with zero attached hydrogens (tertiary/aromatic N) is 3. The number of piperidine rings is 1. The first-order valence-electron chi connectivity index (χ1n) is 14.6. The Morgan fingerprint density at radius 3 is 2.76 bits per heavy atom. The molecular formula is C34H38FN3O3. The number of likely N-dealkylation sites (tertiary alicyclic amines) is 1. The summed E-state index contributed by atoms with van der Waals surface area (Å²) in [7, 11) is 1.53. The standard InChI is InChI=1S/C34H38FN3O3/c1-4-5-8-31(39)30-13-10-23(20-38(30)21-28-29(35)7-6-9-33(28)41-3)17-32(40)24-11-12-26-19-37-34(27(26)18-24)25-14-15-36-22(2)16-25/h6-7,9,11-12,14-16,18,23,30H,4-5,8,10,13,17,19-21H2,1-3H3/t23-,30-/m0/s1. The normalized spacial score (nSPS) is 18.6. The van der Waals surface area contributed by atoms with Gasteiger partial charge in [0.15, 0.2) is 5.78 Å². The number of aryl methyl sites for hydroxylation is 1. The Morgan fingerprint density at radius 2 is 1.98 bits per heavy atom. The van der Waals surface area contributed by atoms with Crippen LogP contribution in [0.4, 0.5) is 4.39 Å². The van der Waals surface area contributed by atoms with Crippen LogP contribution in [0.2, 0.25) is 0 Å². The molecule has 0 aliphatic carbocycles. The molecule has 0 N–H and O–H groups in total. The molecular weight excluding hydrogens is 517 g/mol. The summed E-state index contributed by atoms with van der Waals surface area (Å²) in [6, 6.07) is 14.4. The van der Waals surface area contributed by atoms with Gasteiger partial charge in [-0.05, 0) is 68.0 Å². The van der Waals surface area contributed by atoms with Gasteiger partial charge in [-0.1, -0.05) is 31.5 Å². The van der Waals surface area contributed by atoms with Crippen LogP contribution in [0.15, 0.2) is 59.7 Å². The van der Waals surface area contributed by atoms with Gasteiger partial charge < -0.3 is 4.74 Å². The molecule has 3 aromatic rings. The molecule has 0 unspecified atom stereocenters. The number of hydrogen-bond donors (Lipinski definition) is 0. The summed E-state index contributed by atoms with van der Waals surface area (Å²) >= 11 is 0. The Kier molecular flexibility index (Phi) is 9.03. The van der Waals surface area contributed by atoms with Crippen molar-refractivity contribution in [2.45, 2.75) is 71.5 Å². The van der Waals surface area contributed by atoms with E-state index >= 15 is 0 Å². The van der Waals surface area contributed by atoms with Gasteiger partial charge in [-0.3, -0.25) is 24.5 Å². The van der Waals surface area contributed by atoms with E-state index in [4.69, 9.17) is 9.73 Å². The van der Waals surface area contributed by atoms with Gasteiger partial charge in [-0.25, -0.2) is 4.39 Å². The van der Waals surface area contributed by atoms with E-state index in [1.54, 1.807) is 18.3 Å². The number of rotatable bonds is 11. The van der Waals surface area contributed by atoms with Gasteiger partial charge in [0, 0.05) is 60.1 Å². The van der Waals surface area contributed by atoms with E-state index < -0.39 is 0 Å². The average molecular weight is 556 g/mol. The summed E-state index contributed by atoms with van der Waals surface area (Å²) in [4.78, 5) is 37.9. The fourth-order valence-electron chi connectivity index (χ4n) is 6.11. The highest BCUT2D eigenvalue weighted by molar-refractivity contribution is 6.16. The minimum absolute atomic E-state index is 0.0692. The minimum atomic E-state index is -0.345. The second-order valence-corrected chi connectivity index (χ2v) is 11.2. The van der Waals surface area contributed by atoms with Crippen molar-refractivity contribution in [2.24, 2.45) is 10.9 Å². The first-order valence-corrected chi connectivity index (χ1v) is 14.6. The van der Waals surface area contributed by atoms with Gasteiger partial charge in [-0.2, -0.15) is 0 Å². The molecule has 1 fully saturated rings. The van der Waals surface area contributed by atoms with Gasteiger partial charge in [0.25, 0.3) is 0 Å². The predicted molar refractivity (Wildman–Crippen MR) is 158 cm³/mol. The average Bonchev–Trinajstić information content (AvgIpc) is 3.40. The van der Waals surface area contributed by atoms with Crippen LogP contribution in [-0.4, -0.2) is 46.9 Å². The number of Topliss-reactive ketones (excluding diaryl/α,β-unsaturated/α-hetero) is 2. The van der Waals surface area contributed by atoms with Crippen LogP contribution in [-0.2, 0) is 17.9 Å². The molecule has 7 heteroatoms. The largest absolute Gasteiger partial charge is 0.496 e. The lowest BCUT2D eigenvalue weighted by Crippen LogP contribution is -2.47. The Bertz CT molecular complexity index is 1470. The van der Waals surface area contributed by atoms with Crippen LogP contribution in [0.1, 0.15) is 83.8 Å². The van der Waals surface area contributed by atoms with Crippen molar-refractivity contribution < 1.29 is 18.7 Å². The second-order valence-electron chi connectivity index (χ2n) is 11.2. The second kappa shape index (κ2) is 12.9. The maximum atomic E-state index is 14.9. The van der Waals surface area contributed by atoms with Crippen molar-refractivity contribution in [1.29, 1.82) is 0 Å². The lowest BCUT2D eigenvalue weighted by Gasteiger charge is -2.39. The fourth-order valence-corrected chi connectivity index (χ4v) is 6.11. The third-order valence-corrected chi connectivity index (χ3v) is 8.33. The van der Waals surface area contributed by atoms with Gasteiger partial charge in [0.1, 0.15) is 17.3 Å². The zero-order chi connectivity index (χ0) is 28.9. The van der Waals surface area contributed by atoms with Crippen LogP contribution >= 0.6 is 0 Å². The van der Waals surface area contributed by atoms with E-state index in [0.29, 0.717) is 49.2 Å². The van der Waals surface area contributed by atoms with Crippen molar-refractivity contribution >= 4 is 17.3 Å². The number of methoxy groups -OCH3 is 1. The summed E-state index contributed by atoms with van der Waals surface area (Å²) < 4.78 is 20.3. The van der Waals surface area contributed by atoms with E-state index in [-0.39, 0.29) is 35.9 Å². The molecule has 6 nitrogen and oxygen atoms in total. The number of fused-ring (bicyclic) bond motifs is 1. The van der Waals surface area contributed by atoms with E-state index in [0.717, 1.165) is 47.4 Å². The third-order valence-electron chi connectivity index (χ3n) is 8.33. The number of carbonyl (C=O) groups is 2. The van der Waals surface area contributed by atoms with Crippen molar-refractivity contribution in [3.05, 3.63) is 94.1 Å². The molecule has 41 heavy (non-hydrogen) atoms. The molecule has 1 saturated heterocycles. The summed E-state index contributed by atoms with van der Waals surface area (Å²) in [5, 5.41) is 0. The van der Waals surface area contributed by atoms with Crippen LogP contribution < -0.4 is 4.74 Å². The summed E-state index contributed by atoms with van der Waals surface area (Å²) in [6.45, 7) is 5.46. The maximum Gasteiger partial charge on any atom is 0.163 e. The van der Waals surface area contributed by atoms with Crippen LogP contribution in [0.3, 0.4) is 0 Å². The highest BCUT2D eigenvalue weighted by Gasteiger charge is 2.34. The van der Waals surface area contributed by atoms with Crippen LogP contribution in [0, 0.1) is 18.7 Å². The molecule has 0 saturated carbocycles. The molecule has 5 rings (SSSR count). The highest BCUT2D eigenvalue weighted by atomic mass is 19.1. The van der Waals surface area contributed by atoms with E-state index in [2.05, 4.69) is 16.8 Å². The summed E-state index contributed by atoms with van der Waals surface area (Å²) in [5.41, 5.74) is 6.07. The number of carbonyl (C=O) groups excluding carboxylic acids is 2. The molecule has 2 atom stereocenters. The first kappa shape index (κ1) is 28.8. The minimum Gasteiger partial charge on any atom is -0.496 e.